The molecule has 1 saturated carbocycles. The summed E-state index contributed by atoms with van der Waals surface area (Å²) >= 11 is 0. The van der Waals surface area contributed by atoms with Crippen molar-refractivity contribution in [1.82, 2.24) is 25.5 Å². The molecule has 1 aliphatic carbocycles. The van der Waals surface area contributed by atoms with Gasteiger partial charge in [-0.15, -0.1) is 5.10 Å². The van der Waals surface area contributed by atoms with Gasteiger partial charge in [0.15, 0.2) is 5.82 Å². The van der Waals surface area contributed by atoms with Gasteiger partial charge in [0.05, 0.1) is 7.11 Å². The number of carbonyl (C=O) groups excluding carboxylic acids is 1. The number of nitrogens with one attached hydrogen (secondary N) is 1. The maximum absolute atomic E-state index is 12.9. The predicted molar refractivity (Wildman–Crippen MR) is 107 cm³/mol. The van der Waals surface area contributed by atoms with Gasteiger partial charge in [0.1, 0.15) is 11.8 Å². The first-order chi connectivity index (χ1) is 13.3. The Morgan fingerprint density at radius 1 is 1.29 bits per heavy atom. The van der Waals surface area contributed by atoms with Crippen molar-refractivity contribution in [1.29, 1.82) is 0 Å². The SMILES string of the molecule is COc1ccccc1C1(CNC(=O)[C@@H](C)n2nnnc2C(C)(C)C)CCCC1. The minimum absolute atomic E-state index is 0.0704. The Balaban J connectivity index is 1.78. The molecule has 1 fully saturated rings. The molecule has 1 aromatic heterocycles. The summed E-state index contributed by atoms with van der Waals surface area (Å²) in [5.74, 6) is 1.52. The zero-order valence-electron chi connectivity index (χ0n) is 17.5. The Labute approximate surface area is 166 Å². The Hall–Kier alpha value is -2.44. The van der Waals surface area contributed by atoms with E-state index in [0.29, 0.717) is 12.4 Å². The molecule has 7 heteroatoms. The van der Waals surface area contributed by atoms with Crippen molar-refractivity contribution >= 4 is 5.91 Å². The number of hydrogen-bond donors (Lipinski definition) is 1. The van der Waals surface area contributed by atoms with Gasteiger partial charge in [0.2, 0.25) is 5.91 Å². The molecule has 1 N–H and O–H groups in total. The molecular weight excluding hydrogens is 354 g/mol. The number of methoxy groups -OCH3 is 1. The lowest BCUT2D eigenvalue weighted by Gasteiger charge is -2.32. The van der Waals surface area contributed by atoms with Crippen LogP contribution in [-0.4, -0.2) is 39.8 Å². The van der Waals surface area contributed by atoms with Crippen LogP contribution in [0.3, 0.4) is 0 Å². The Morgan fingerprint density at radius 2 is 1.96 bits per heavy atom. The first kappa shape index (κ1) is 20.3. The topological polar surface area (TPSA) is 81.9 Å². The molecule has 0 saturated heterocycles. The van der Waals surface area contributed by atoms with Gasteiger partial charge in [-0.05, 0) is 36.3 Å². The van der Waals surface area contributed by atoms with Gasteiger partial charge in [-0.3, -0.25) is 4.79 Å². The summed E-state index contributed by atoms with van der Waals surface area (Å²) in [7, 11) is 1.70. The number of aromatic nitrogens is 4. The van der Waals surface area contributed by atoms with Crippen LogP contribution in [0.5, 0.6) is 5.75 Å². The Kier molecular flexibility index (Phi) is 5.72. The van der Waals surface area contributed by atoms with Crippen LogP contribution in [0.4, 0.5) is 0 Å². The maximum Gasteiger partial charge on any atom is 0.244 e. The second-order valence-electron chi connectivity index (χ2n) is 8.78. The molecule has 1 aliphatic rings. The molecule has 1 heterocycles. The molecule has 7 nitrogen and oxygen atoms in total. The van der Waals surface area contributed by atoms with E-state index in [1.54, 1.807) is 11.8 Å². The fraction of sp³-hybridized carbons (Fsp3) is 0.619. The summed E-state index contributed by atoms with van der Waals surface area (Å²) in [5.41, 5.74) is 0.859. The highest BCUT2D eigenvalue weighted by atomic mass is 16.5. The summed E-state index contributed by atoms with van der Waals surface area (Å²) in [6.45, 7) is 8.54. The molecule has 3 rings (SSSR count). The molecule has 0 radical (unpaired) electrons. The van der Waals surface area contributed by atoms with Crippen molar-refractivity contribution in [2.24, 2.45) is 0 Å². The summed E-state index contributed by atoms with van der Waals surface area (Å²) in [5, 5.41) is 15.1. The first-order valence-corrected chi connectivity index (χ1v) is 9.98. The number of hydrogen-bond acceptors (Lipinski definition) is 5. The number of amides is 1. The van der Waals surface area contributed by atoms with Crippen LogP contribution < -0.4 is 10.1 Å². The van der Waals surface area contributed by atoms with Crippen molar-refractivity contribution in [3.8, 4) is 5.75 Å². The lowest BCUT2D eigenvalue weighted by molar-refractivity contribution is -0.124. The van der Waals surface area contributed by atoms with Gasteiger partial charge in [0.25, 0.3) is 0 Å². The van der Waals surface area contributed by atoms with Crippen LogP contribution in [0.1, 0.15) is 70.8 Å². The van der Waals surface area contributed by atoms with Gasteiger partial charge in [-0.1, -0.05) is 51.8 Å². The quantitative estimate of drug-likeness (QED) is 0.826. The molecule has 1 atom stereocenters. The fourth-order valence-electron chi connectivity index (χ4n) is 4.14. The molecular formula is C21H31N5O2. The van der Waals surface area contributed by atoms with E-state index in [1.165, 1.54) is 5.56 Å². The average molecular weight is 386 g/mol. The largest absolute Gasteiger partial charge is 0.496 e. The second-order valence-corrected chi connectivity index (χ2v) is 8.78. The summed E-state index contributed by atoms with van der Waals surface area (Å²) in [6.07, 6.45) is 4.40. The van der Waals surface area contributed by atoms with E-state index in [2.05, 4.69) is 26.9 Å². The highest BCUT2D eigenvalue weighted by Gasteiger charge is 2.38. The molecule has 28 heavy (non-hydrogen) atoms. The van der Waals surface area contributed by atoms with E-state index in [-0.39, 0.29) is 16.7 Å². The molecule has 2 aromatic rings. The number of para-hydroxylation sites is 1. The minimum Gasteiger partial charge on any atom is -0.496 e. The highest BCUT2D eigenvalue weighted by molar-refractivity contribution is 5.80. The van der Waals surface area contributed by atoms with Crippen molar-refractivity contribution in [3.63, 3.8) is 0 Å². The average Bonchev–Trinajstić information content (AvgIpc) is 3.35. The van der Waals surface area contributed by atoms with Gasteiger partial charge in [-0.25, -0.2) is 4.68 Å². The van der Waals surface area contributed by atoms with Gasteiger partial charge in [0, 0.05) is 22.9 Å². The van der Waals surface area contributed by atoms with Crippen LogP contribution in [-0.2, 0) is 15.6 Å². The molecule has 0 bridgehead atoms. The zero-order valence-corrected chi connectivity index (χ0v) is 17.5. The van der Waals surface area contributed by atoms with E-state index < -0.39 is 6.04 Å². The zero-order chi connectivity index (χ0) is 20.4. The summed E-state index contributed by atoms with van der Waals surface area (Å²) in [4.78, 5) is 12.9. The van der Waals surface area contributed by atoms with Crippen LogP contribution in [0.25, 0.3) is 0 Å². The standard InChI is InChI=1S/C21H31N5O2/c1-15(26-19(20(2,3)4)23-24-25-26)18(27)22-14-21(12-8-9-13-21)16-10-6-7-11-17(16)28-5/h6-7,10-11,15H,8-9,12-14H2,1-5H3,(H,22,27)/t15-/m1/s1. The van der Waals surface area contributed by atoms with E-state index in [0.717, 1.165) is 31.4 Å². The third kappa shape index (κ3) is 3.88. The van der Waals surface area contributed by atoms with Crippen molar-refractivity contribution < 1.29 is 9.53 Å². The molecule has 0 aliphatic heterocycles. The van der Waals surface area contributed by atoms with E-state index in [1.807, 2.05) is 45.9 Å². The van der Waals surface area contributed by atoms with E-state index in [4.69, 9.17) is 4.74 Å². The Bertz CT molecular complexity index is 818. The molecule has 152 valence electrons. The third-order valence-corrected chi connectivity index (χ3v) is 5.75. The highest BCUT2D eigenvalue weighted by Crippen LogP contribution is 2.44. The number of ether oxygens (including phenoxy) is 1. The summed E-state index contributed by atoms with van der Waals surface area (Å²) in [6, 6.07) is 7.67. The molecule has 1 aromatic carbocycles. The van der Waals surface area contributed by atoms with Crippen LogP contribution in [0.2, 0.25) is 0 Å². The van der Waals surface area contributed by atoms with Crippen LogP contribution in [0, 0.1) is 0 Å². The van der Waals surface area contributed by atoms with Crippen molar-refractivity contribution in [2.45, 2.75) is 70.3 Å². The lowest BCUT2D eigenvalue weighted by atomic mass is 9.78. The number of benzene rings is 1. The van der Waals surface area contributed by atoms with Crippen LogP contribution in [0.15, 0.2) is 24.3 Å². The smallest absolute Gasteiger partial charge is 0.244 e. The molecule has 1 amide bonds. The maximum atomic E-state index is 12.9. The van der Waals surface area contributed by atoms with E-state index in [9.17, 15) is 4.79 Å². The summed E-state index contributed by atoms with van der Waals surface area (Å²) < 4.78 is 7.23. The second kappa shape index (κ2) is 7.89. The number of rotatable bonds is 6. The predicted octanol–water partition coefficient (Wildman–Crippen LogP) is 3.17. The van der Waals surface area contributed by atoms with Crippen molar-refractivity contribution in [2.75, 3.05) is 13.7 Å². The molecule has 0 spiro atoms. The number of nitrogens with zero attached hydrogens (tertiary/aromatic N) is 4. The molecule has 0 unspecified atom stereocenters. The monoisotopic (exact) mass is 385 g/mol. The minimum atomic E-state index is -0.472. The third-order valence-electron chi connectivity index (χ3n) is 5.75. The Morgan fingerprint density at radius 3 is 2.61 bits per heavy atom. The van der Waals surface area contributed by atoms with Crippen molar-refractivity contribution in [3.05, 3.63) is 35.7 Å². The normalized spacial score (nSPS) is 17.3. The number of tetrazole rings is 1. The van der Waals surface area contributed by atoms with E-state index >= 15 is 0 Å². The lowest BCUT2D eigenvalue weighted by Crippen LogP contribution is -2.42. The van der Waals surface area contributed by atoms with Gasteiger partial charge < -0.3 is 10.1 Å². The van der Waals surface area contributed by atoms with Gasteiger partial charge in [-0.2, -0.15) is 0 Å². The van der Waals surface area contributed by atoms with Crippen LogP contribution >= 0.6 is 0 Å². The first-order valence-electron chi connectivity index (χ1n) is 9.98. The van der Waals surface area contributed by atoms with Gasteiger partial charge >= 0.3 is 0 Å². The number of carbonyl (C=O) groups is 1. The fourth-order valence-corrected chi connectivity index (χ4v) is 4.14.